The number of ether oxygens (including phenoxy) is 2. The number of aryl methyl sites for hydroxylation is 1. The summed E-state index contributed by atoms with van der Waals surface area (Å²) < 4.78 is 13.2. The molecule has 13 nitrogen and oxygen atoms in total. The van der Waals surface area contributed by atoms with Crippen LogP contribution in [0.4, 0.5) is 16.7 Å². The molecule has 2 aromatic rings. The molecule has 0 radical (unpaired) electrons. The molecule has 2 atom stereocenters. The largest absolute Gasteiger partial charge is 0.435 e. The van der Waals surface area contributed by atoms with E-state index < -0.39 is 11.7 Å². The van der Waals surface area contributed by atoms with Gasteiger partial charge in [-0.1, -0.05) is 20.4 Å². The van der Waals surface area contributed by atoms with Gasteiger partial charge in [-0.15, -0.1) is 0 Å². The summed E-state index contributed by atoms with van der Waals surface area (Å²) in [7, 11) is 0. The van der Waals surface area contributed by atoms with Crippen LogP contribution in [0.3, 0.4) is 0 Å². The van der Waals surface area contributed by atoms with Crippen LogP contribution in [-0.2, 0) is 20.9 Å². The first-order valence-corrected chi connectivity index (χ1v) is 12.9. The SMILES string of the molecule is C=CC(=O)N1CCN(Cn2cnc([C@H](C)Nc3nc(C)nc(N4C(=O)OC5(COC5)C4C(C)C)n3)c2)CC1. The third-order valence-electron chi connectivity index (χ3n) is 7.24. The average Bonchev–Trinajstić information content (AvgIpc) is 3.46. The summed E-state index contributed by atoms with van der Waals surface area (Å²) in [4.78, 5) is 48.4. The minimum absolute atomic E-state index is 0.0240. The molecule has 3 aliphatic heterocycles. The summed E-state index contributed by atoms with van der Waals surface area (Å²) in [5.74, 6) is 1.21. The van der Waals surface area contributed by atoms with Crippen LogP contribution in [0.2, 0.25) is 0 Å². The normalized spacial score (nSPS) is 21.9. The number of aromatic nitrogens is 5. The molecule has 5 heterocycles. The van der Waals surface area contributed by atoms with Gasteiger partial charge in [0, 0.05) is 32.4 Å². The van der Waals surface area contributed by atoms with Crippen LogP contribution in [0.25, 0.3) is 0 Å². The van der Waals surface area contributed by atoms with Crippen molar-refractivity contribution in [1.29, 1.82) is 0 Å². The van der Waals surface area contributed by atoms with Crippen LogP contribution in [0.1, 0.15) is 38.3 Å². The first-order chi connectivity index (χ1) is 18.2. The minimum atomic E-state index is -0.659. The van der Waals surface area contributed by atoms with E-state index in [0.717, 1.165) is 18.8 Å². The second-order valence-corrected chi connectivity index (χ2v) is 10.5. The lowest BCUT2D eigenvalue weighted by Crippen LogP contribution is -2.61. The van der Waals surface area contributed by atoms with Gasteiger partial charge in [0.25, 0.3) is 0 Å². The smallest absolute Gasteiger partial charge is 0.417 e. The second-order valence-electron chi connectivity index (χ2n) is 10.5. The second kappa shape index (κ2) is 10.3. The van der Waals surface area contributed by atoms with Gasteiger partial charge in [0.2, 0.25) is 17.8 Å². The Labute approximate surface area is 221 Å². The van der Waals surface area contributed by atoms with Crippen molar-refractivity contribution < 1.29 is 19.1 Å². The Bertz CT molecular complexity index is 1200. The molecule has 5 rings (SSSR count). The molecule has 3 saturated heterocycles. The summed E-state index contributed by atoms with van der Waals surface area (Å²) >= 11 is 0. The number of carbonyl (C=O) groups is 2. The van der Waals surface area contributed by atoms with E-state index >= 15 is 0 Å². The maximum atomic E-state index is 12.9. The van der Waals surface area contributed by atoms with Crippen molar-refractivity contribution in [3.8, 4) is 0 Å². The zero-order valence-corrected chi connectivity index (χ0v) is 22.3. The maximum absolute atomic E-state index is 12.9. The number of piperazine rings is 1. The number of amides is 2. The first-order valence-electron chi connectivity index (χ1n) is 12.9. The lowest BCUT2D eigenvalue weighted by molar-refractivity contribution is -0.174. The Balaban J connectivity index is 1.25. The number of rotatable bonds is 8. The van der Waals surface area contributed by atoms with Gasteiger partial charge < -0.3 is 24.3 Å². The van der Waals surface area contributed by atoms with E-state index in [-0.39, 0.29) is 29.9 Å². The van der Waals surface area contributed by atoms with Gasteiger partial charge >= 0.3 is 6.09 Å². The van der Waals surface area contributed by atoms with Crippen molar-refractivity contribution in [3.05, 3.63) is 36.7 Å². The molecule has 0 bridgehead atoms. The molecular formula is C25H35N9O4. The van der Waals surface area contributed by atoms with Crippen molar-refractivity contribution in [3.63, 3.8) is 0 Å². The summed E-state index contributed by atoms with van der Waals surface area (Å²) in [6, 6.07) is -0.422. The van der Waals surface area contributed by atoms with Crippen molar-refractivity contribution in [2.45, 2.75) is 52.0 Å². The van der Waals surface area contributed by atoms with Gasteiger partial charge in [-0.3, -0.25) is 9.69 Å². The lowest BCUT2D eigenvalue weighted by atomic mass is 9.84. The molecule has 38 heavy (non-hydrogen) atoms. The van der Waals surface area contributed by atoms with E-state index in [9.17, 15) is 9.59 Å². The van der Waals surface area contributed by atoms with Crippen molar-refractivity contribution in [2.24, 2.45) is 5.92 Å². The molecule has 1 N–H and O–H groups in total. The molecule has 13 heteroatoms. The zero-order valence-electron chi connectivity index (χ0n) is 22.3. The van der Waals surface area contributed by atoms with Gasteiger partial charge in [0.15, 0.2) is 5.60 Å². The maximum Gasteiger partial charge on any atom is 0.417 e. The van der Waals surface area contributed by atoms with Crippen LogP contribution in [0.5, 0.6) is 0 Å². The monoisotopic (exact) mass is 525 g/mol. The summed E-state index contributed by atoms with van der Waals surface area (Å²) in [5, 5.41) is 3.30. The number of nitrogens with zero attached hydrogens (tertiary/aromatic N) is 8. The Morgan fingerprint density at radius 2 is 1.95 bits per heavy atom. The fourth-order valence-electron chi connectivity index (χ4n) is 5.33. The highest BCUT2D eigenvalue weighted by Gasteiger charge is 2.61. The standard InChI is InChI=1S/C25H35N9O4/c1-6-20(35)33-9-7-31(8-10-33)15-32-11-19(26-14-32)17(4)27-22-28-18(5)29-23(30-22)34-21(16(2)3)25(12-37-13-25)38-24(34)36/h6,11,14,16-17,21H,1,7-10,12-13,15H2,2-5H3,(H,27,28,29,30)/t17-,21?/m0/s1. The van der Waals surface area contributed by atoms with Crippen LogP contribution >= 0.6 is 0 Å². The van der Waals surface area contributed by atoms with E-state index in [2.05, 4.69) is 36.7 Å². The van der Waals surface area contributed by atoms with Crippen molar-refractivity contribution in [2.75, 3.05) is 49.6 Å². The van der Waals surface area contributed by atoms with Gasteiger partial charge in [-0.05, 0) is 25.8 Å². The highest BCUT2D eigenvalue weighted by Crippen LogP contribution is 2.41. The summed E-state index contributed by atoms with van der Waals surface area (Å²) in [6.07, 6.45) is 4.68. The fourth-order valence-corrected chi connectivity index (χ4v) is 5.33. The minimum Gasteiger partial charge on any atom is -0.435 e. The number of carbonyl (C=O) groups excluding carboxylic acids is 2. The first kappa shape index (κ1) is 26.0. The number of hydrogen-bond acceptors (Lipinski definition) is 10. The van der Waals surface area contributed by atoms with Crippen LogP contribution in [0, 0.1) is 12.8 Å². The van der Waals surface area contributed by atoms with E-state index in [1.165, 1.54) is 11.0 Å². The number of imidazole rings is 1. The molecule has 0 saturated carbocycles. The number of anilines is 2. The Kier molecular flexibility index (Phi) is 7.05. The van der Waals surface area contributed by atoms with E-state index in [4.69, 9.17) is 9.47 Å². The van der Waals surface area contributed by atoms with Gasteiger partial charge in [-0.25, -0.2) is 14.7 Å². The predicted octanol–water partition coefficient (Wildman–Crippen LogP) is 1.59. The highest BCUT2D eigenvalue weighted by molar-refractivity contribution is 5.89. The molecule has 204 valence electrons. The third kappa shape index (κ3) is 4.95. The van der Waals surface area contributed by atoms with Crippen molar-refractivity contribution >= 4 is 23.9 Å². The van der Waals surface area contributed by atoms with Crippen LogP contribution in [0.15, 0.2) is 25.2 Å². The Morgan fingerprint density at radius 1 is 1.21 bits per heavy atom. The molecule has 2 aromatic heterocycles. The molecule has 1 spiro atoms. The summed E-state index contributed by atoms with van der Waals surface area (Å²) in [6.45, 7) is 15.8. The molecule has 1 unspecified atom stereocenters. The van der Waals surface area contributed by atoms with Crippen LogP contribution in [-0.4, -0.2) is 97.3 Å². The van der Waals surface area contributed by atoms with Crippen LogP contribution < -0.4 is 10.2 Å². The average molecular weight is 526 g/mol. The number of hydrogen-bond donors (Lipinski definition) is 1. The van der Waals surface area contributed by atoms with E-state index in [0.29, 0.717) is 44.7 Å². The van der Waals surface area contributed by atoms with E-state index in [1.54, 1.807) is 13.3 Å². The van der Waals surface area contributed by atoms with Crippen molar-refractivity contribution in [1.82, 2.24) is 34.3 Å². The summed E-state index contributed by atoms with van der Waals surface area (Å²) in [5.41, 5.74) is 0.171. The third-order valence-corrected chi connectivity index (χ3v) is 7.24. The molecular weight excluding hydrogens is 490 g/mol. The van der Waals surface area contributed by atoms with Gasteiger partial charge in [0.1, 0.15) is 5.82 Å². The number of nitrogens with one attached hydrogen (secondary N) is 1. The molecule has 2 amide bonds. The molecule has 0 aromatic carbocycles. The highest BCUT2D eigenvalue weighted by atomic mass is 16.6. The lowest BCUT2D eigenvalue weighted by Gasteiger charge is -2.42. The predicted molar refractivity (Wildman–Crippen MR) is 138 cm³/mol. The Hall–Kier alpha value is -3.58. The molecule has 0 aliphatic carbocycles. The zero-order chi connectivity index (χ0) is 27.0. The molecule has 3 fully saturated rings. The van der Waals surface area contributed by atoms with Gasteiger partial charge in [0.05, 0.1) is 44.0 Å². The quantitative estimate of drug-likeness (QED) is 0.507. The molecule has 3 aliphatic rings. The fraction of sp³-hybridized carbons (Fsp3) is 0.600. The topological polar surface area (TPSA) is 131 Å². The van der Waals surface area contributed by atoms with Gasteiger partial charge in [-0.2, -0.15) is 15.0 Å². The Morgan fingerprint density at radius 3 is 2.58 bits per heavy atom. The van der Waals surface area contributed by atoms with E-state index in [1.807, 2.05) is 36.4 Å².